The third-order valence-electron chi connectivity index (χ3n) is 2.55. The maximum Gasteiger partial charge on any atom is 0.257 e. The van der Waals surface area contributed by atoms with Crippen LogP contribution >= 0.6 is 0 Å². The number of aryl methyl sites for hydroxylation is 1. The number of methoxy groups -OCH3 is 1. The molecule has 6 nitrogen and oxygen atoms in total. The Morgan fingerprint density at radius 2 is 2.17 bits per heavy atom. The molecule has 18 heavy (non-hydrogen) atoms. The van der Waals surface area contributed by atoms with E-state index in [1.165, 1.54) is 6.20 Å². The van der Waals surface area contributed by atoms with E-state index < -0.39 is 10.0 Å². The Labute approximate surface area is 108 Å². The van der Waals surface area contributed by atoms with E-state index in [1.54, 1.807) is 7.11 Å². The predicted octanol–water partition coefficient (Wildman–Crippen LogP) is 1.07. The molecule has 104 valence electrons. The fourth-order valence-electron chi connectivity index (χ4n) is 1.49. The first-order valence-electron chi connectivity index (χ1n) is 6.12. The lowest BCUT2D eigenvalue weighted by molar-refractivity contribution is 0.192. The first-order valence-corrected chi connectivity index (χ1v) is 7.61. The quantitative estimate of drug-likeness (QED) is 0.660. The van der Waals surface area contributed by atoms with Crippen LogP contribution in [0.4, 0.5) is 0 Å². The molecule has 1 aromatic heterocycles. The number of aromatic nitrogens is 2. The van der Waals surface area contributed by atoms with Gasteiger partial charge in [0.25, 0.3) is 10.0 Å². The highest BCUT2D eigenvalue weighted by Crippen LogP contribution is 2.06. The Kier molecular flexibility index (Phi) is 6.31. The summed E-state index contributed by atoms with van der Waals surface area (Å²) in [5.74, 6) is 0.676. The second kappa shape index (κ2) is 7.50. The van der Waals surface area contributed by atoms with Crippen molar-refractivity contribution >= 4 is 10.0 Å². The van der Waals surface area contributed by atoms with Crippen molar-refractivity contribution in [3.05, 3.63) is 12.0 Å². The average molecular weight is 275 g/mol. The van der Waals surface area contributed by atoms with Gasteiger partial charge in [-0.2, -0.15) is 0 Å². The molecule has 0 aromatic carbocycles. The predicted molar refractivity (Wildman–Crippen MR) is 68.9 cm³/mol. The molecule has 0 atom stereocenters. The maximum atomic E-state index is 11.8. The van der Waals surface area contributed by atoms with E-state index in [0.717, 1.165) is 19.3 Å². The average Bonchev–Trinajstić information content (AvgIpc) is 2.83. The smallest absolute Gasteiger partial charge is 0.257 e. The second-order valence-electron chi connectivity index (χ2n) is 4.00. The Bertz CT molecular complexity index is 442. The van der Waals surface area contributed by atoms with Gasteiger partial charge in [-0.1, -0.05) is 6.92 Å². The highest BCUT2D eigenvalue weighted by molar-refractivity contribution is 7.89. The van der Waals surface area contributed by atoms with Gasteiger partial charge in [0, 0.05) is 26.7 Å². The van der Waals surface area contributed by atoms with Gasteiger partial charge in [0.15, 0.2) is 5.03 Å². The zero-order valence-electron chi connectivity index (χ0n) is 10.9. The summed E-state index contributed by atoms with van der Waals surface area (Å²) in [6.45, 7) is 3.07. The van der Waals surface area contributed by atoms with Crippen molar-refractivity contribution in [3.8, 4) is 0 Å². The van der Waals surface area contributed by atoms with Crippen LogP contribution < -0.4 is 4.72 Å². The molecule has 0 saturated carbocycles. The van der Waals surface area contributed by atoms with Crippen LogP contribution in [0.5, 0.6) is 0 Å². The van der Waals surface area contributed by atoms with Gasteiger partial charge in [0.05, 0.1) is 6.20 Å². The molecule has 0 bridgehead atoms. The molecule has 0 spiro atoms. The van der Waals surface area contributed by atoms with E-state index >= 15 is 0 Å². The number of nitrogens with zero attached hydrogens (tertiary/aromatic N) is 1. The zero-order chi connectivity index (χ0) is 13.4. The van der Waals surface area contributed by atoms with Crippen LogP contribution in [0.25, 0.3) is 0 Å². The van der Waals surface area contributed by atoms with Gasteiger partial charge >= 0.3 is 0 Å². The number of nitrogens with one attached hydrogen (secondary N) is 2. The molecule has 0 saturated heterocycles. The van der Waals surface area contributed by atoms with Gasteiger partial charge < -0.3 is 9.72 Å². The summed E-state index contributed by atoms with van der Waals surface area (Å²) in [6, 6.07) is 0. The zero-order valence-corrected chi connectivity index (χ0v) is 11.7. The lowest BCUT2D eigenvalue weighted by Crippen LogP contribution is -2.25. The number of ether oxygens (including phenoxy) is 1. The Morgan fingerprint density at radius 3 is 2.78 bits per heavy atom. The molecule has 0 fully saturated rings. The number of aromatic amines is 1. The number of hydrogen-bond acceptors (Lipinski definition) is 4. The molecule has 0 radical (unpaired) electrons. The number of rotatable bonds is 9. The molecule has 1 heterocycles. The van der Waals surface area contributed by atoms with Crippen molar-refractivity contribution in [3.63, 3.8) is 0 Å². The normalized spacial score (nSPS) is 11.9. The molecule has 7 heteroatoms. The molecule has 1 aromatic rings. The first kappa shape index (κ1) is 15.1. The fraction of sp³-hybridized carbons (Fsp3) is 0.727. The number of sulfonamides is 1. The van der Waals surface area contributed by atoms with E-state index in [1.807, 2.05) is 6.92 Å². The van der Waals surface area contributed by atoms with E-state index in [0.29, 0.717) is 25.4 Å². The summed E-state index contributed by atoms with van der Waals surface area (Å²) < 4.78 is 31.2. The van der Waals surface area contributed by atoms with Crippen LogP contribution in [0.1, 0.15) is 32.0 Å². The highest BCUT2D eigenvalue weighted by Gasteiger charge is 2.15. The number of H-pyrrole nitrogens is 1. The van der Waals surface area contributed by atoms with E-state index in [2.05, 4.69) is 14.7 Å². The molecular weight excluding hydrogens is 254 g/mol. The summed E-state index contributed by atoms with van der Waals surface area (Å²) >= 11 is 0. The van der Waals surface area contributed by atoms with E-state index in [-0.39, 0.29) is 5.03 Å². The van der Waals surface area contributed by atoms with E-state index in [4.69, 9.17) is 4.74 Å². The van der Waals surface area contributed by atoms with Gasteiger partial charge in [-0.3, -0.25) is 0 Å². The van der Waals surface area contributed by atoms with Crippen LogP contribution in [0.15, 0.2) is 11.2 Å². The highest BCUT2D eigenvalue weighted by atomic mass is 32.2. The topological polar surface area (TPSA) is 84.1 Å². The van der Waals surface area contributed by atoms with Crippen molar-refractivity contribution in [1.82, 2.24) is 14.7 Å². The lowest BCUT2D eigenvalue weighted by Gasteiger charge is -2.04. The van der Waals surface area contributed by atoms with Crippen molar-refractivity contribution in [2.24, 2.45) is 0 Å². The molecule has 2 N–H and O–H groups in total. The SMILES string of the molecule is CCc1ncc(S(=O)(=O)NCCCCCOC)[nH]1. The fourth-order valence-corrected chi connectivity index (χ4v) is 2.50. The molecule has 0 aliphatic carbocycles. The summed E-state index contributed by atoms with van der Waals surface area (Å²) in [5, 5.41) is 0.135. The van der Waals surface area contributed by atoms with Gasteiger partial charge in [0.1, 0.15) is 5.82 Å². The Hall–Kier alpha value is -0.920. The third kappa shape index (κ3) is 4.75. The number of hydrogen-bond donors (Lipinski definition) is 2. The molecule has 0 aliphatic rings. The van der Waals surface area contributed by atoms with Crippen LogP contribution in [-0.2, 0) is 21.2 Å². The van der Waals surface area contributed by atoms with E-state index in [9.17, 15) is 8.42 Å². The van der Waals surface area contributed by atoms with Crippen LogP contribution in [0.3, 0.4) is 0 Å². The summed E-state index contributed by atoms with van der Waals surface area (Å²) in [7, 11) is -1.78. The third-order valence-corrected chi connectivity index (χ3v) is 3.92. The molecule has 0 aliphatic heterocycles. The Balaban J connectivity index is 2.36. The second-order valence-corrected chi connectivity index (χ2v) is 5.73. The minimum absolute atomic E-state index is 0.135. The van der Waals surface area contributed by atoms with Crippen LogP contribution in [-0.4, -0.2) is 38.6 Å². The summed E-state index contributed by atoms with van der Waals surface area (Å²) in [4.78, 5) is 6.76. The molecule has 1 rings (SSSR count). The number of imidazole rings is 1. The van der Waals surface area contributed by atoms with Gasteiger partial charge in [-0.25, -0.2) is 18.1 Å². The van der Waals surface area contributed by atoms with Gasteiger partial charge in [0.2, 0.25) is 0 Å². The molecule has 0 amide bonds. The minimum atomic E-state index is -3.44. The van der Waals surface area contributed by atoms with Crippen molar-refractivity contribution in [2.45, 2.75) is 37.6 Å². The van der Waals surface area contributed by atoms with Crippen LogP contribution in [0, 0.1) is 0 Å². The minimum Gasteiger partial charge on any atom is -0.385 e. The van der Waals surface area contributed by atoms with Gasteiger partial charge in [-0.15, -0.1) is 0 Å². The first-order chi connectivity index (χ1) is 8.60. The summed E-state index contributed by atoms with van der Waals surface area (Å²) in [6.07, 6.45) is 4.73. The number of unbranched alkanes of at least 4 members (excludes halogenated alkanes) is 2. The van der Waals surface area contributed by atoms with Crippen molar-refractivity contribution < 1.29 is 13.2 Å². The van der Waals surface area contributed by atoms with Crippen molar-refractivity contribution in [2.75, 3.05) is 20.3 Å². The monoisotopic (exact) mass is 275 g/mol. The lowest BCUT2D eigenvalue weighted by atomic mass is 10.2. The van der Waals surface area contributed by atoms with Gasteiger partial charge in [-0.05, 0) is 19.3 Å². The maximum absolute atomic E-state index is 11.8. The largest absolute Gasteiger partial charge is 0.385 e. The molecule has 0 unspecified atom stereocenters. The van der Waals surface area contributed by atoms with Crippen molar-refractivity contribution in [1.29, 1.82) is 0 Å². The standard InChI is InChI=1S/C11H21N3O3S/c1-3-10-12-9-11(14-10)18(15,16)13-7-5-4-6-8-17-2/h9,13H,3-8H2,1-2H3,(H,12,14). The Morgan fingerprint density at radius 1 is 1.39 bits per heavy atom. The van der Waals surface area contributed by atoms with Crippen LogP contribution in [0.2, 0.25) is 0 Å². The molecular formula is C11H21N3O3S. The summed E-state index contributed by atoms with van der Waals surface area (Å²) in [5.41, 5.74) is 0.